The van der Waals surface area contributed by atoms with Gasteiger partial charge in [0.1, 0.15) is 17.5 Å². The van der Waals surface area contributed by atoms with Crippen LogP contribution < -0.4 is 16.2 Å². The Kier molecular flexibility index (Phi) is 4.63. The van der Waals surface area contributed by atoms with E-state index in [4.69, 9.17) is 0 Å². The Morgan fingerprint density at radius 2 is 1.92 bits per heavy atom. The van der Waals surface area contributed by atoms with Gasteiger partial charge in [0, 0.05) is 30.2 Å². The van der Waals surface area contributed by atoms with E-state index in [0.29, 0.717) is 22.8 Å². The van der Waals surface area contributed by atoms with Crippen LogP contribution in [0.5, 0.6) is 0 Å². The van der Waals surface area contributed by atoms with Gasteiger partial charge < -0.3 is 15.2 Å². The van der Waals surface area contributed by atoms with Crippen LogP contribution in [0.2, 0.25) is 0 Å². The molecule has 3 heterocycles. The van der Waals surface area contributed by atoms with E-state index < -0.39 is 0 Å². The van der Waals surface area contributed by atoms with Crippen molar-refractivity contribution in [2.45, 2.75) is 46.2 Å². The molecule has 3 aromatic rings. The van der Waals surface area contributed by atoms with E-state index in [1.54, 1.807) is 23.2 Å². The van der Waals surface area contributed by atoms with Crippen molar-refractivity contribution in [1.82, 2.24) is 19.5 Å². The molecule has 0 saturated carbocycles. The molecule has 2 N–H and O–H groups in total. The molecular formula is C19H24N6O. The molecule has 0 amide bonds. The van der Waals surface area contributed by atoms with Crippen LogP contribution >= 0.6 is 0 Å². The Labute approximate surface area is 152 Å². The lowest BCUT2D eigenvalue weighted by molar-refractivity contribution is 0.582. The summed E-state index contributed by atoms with van der Waals surface area (Å²) in [5, 5.41) is 7.91. The molecule has 0 aromatic carbocycles. The number of fused-ring (bicyclic) bond motifs is 1. The Morgan fingerprint density at radius 1 is 1.15 bits per heavy atom. The van der Waals surface area contributed by atoms with Crippen LogP contribution in [0.25, 0.3) is 10.8 Å². The summed E-state index contributed by atoms with van der Waals surface area (Å²) in [6.45, 7) is 10.1. The first-order valence-electron chi connectivity index (χ1n) is 8.62. The molecule has 0 aliphatic heterocycles. The van der Waals surface area contributed by atoms with Gasteiger partial charge >= 0.3 is 0 Å². The molecular weight excluding hydrogens is 328 g/mol. The monoisotopic (exact) mass is 352 g/mol. The van der Waals surface area contributed by atoms with Gasteiger partial charge in [-0.3, -0.25) is 9.78 Å². The molecule has 3 rings (SSSR count). The summed E-state index contributed by atoms with van der Waals surface area (Å²) >= 11 is 0. The molecule has 0 fully saturated rings. The Hall–Kier alpha value is -2.96. The van der Waals surface area contributed by atoms with Gasteiger partial charge in [0.25, 0.3) is 5.56 Å². The highest BCUT2D eigenvalue weighted by Crippen LogP contribution is 2.26. The maximum atomic E-state index is 13.0. The second-order valence-electron chi connectivity index (χ2n) is 7.53. The third-order valence-electron chi connectivity index (χ3n) is 3.78. The minimum Gasteiger partial charge on any atom is -0.365 e. The molecule has 0 unspecified atom stereocenters. The van der Waals surface area contributed by atoms with Crippen molar-refractivity contribution in [3.63, 3.8) is 0 Å². The van der Waals surface area contributed by atoms with Crippen LogP contribution in [0.15, 0.2) is 41.7 Å². The molecule has 136 valence electrons. The van der Waals surface area contributed by atoms with Crippen molar-refractivity contribution >= 4 is 28.2 Å². The molecule has 7 heteroatoms. The summed E-state index contributed by atoms with van der Waals surface area (Å²) < 4.78 is 1.72. The van der Waals surface area contributed by atoms with E-state index in [0.717, 1.165) is 5.39 Å². The van der Waals surface area contributed by atoms with Crippen LogP contribution in [0.4, 0.5) is 17.5 Å². The highest BCUT2D eigenvalue weighted by molar-refractivity contribution is 5.93. The zero-order valence-corrected chi connectivity index (χ0v) is 15.7. The zero-order chi connectivity index (χ0) is 18.9. The summed E-state index contributed by atoms with van der Waals surface area (Å²) in [6.07, 6.45) is 6.67. The van der Waals surface area contributed by atoms with E-state index in [-0.39, 0.29) is 17.1 Å². The van der Waals surface area contributed by atoms with Gasteiger partial charge in [-0.15, -0.1) is 0 Å². The first kappa shape index (κ1) is 17.8. The lowest BCUT2D eigenvalue weighted by atomic mass is 10.1. The first-order valence-corrected chi connectivity index (χ1v) is 8.62. The van der Waals surface area contributed by atoms with Crippen molar-refractivity contribution in [2.75, 3.05) is 10.6 Å². The van der Waals surface area contributed by atoms with Crippen LogP contribution in [0, 0.1) is 0 Å². The van der Waals surface area contributed by atoms with E-state index in [9.17, 15) is 4.79 Å². The molecule has 26 heavy (non-hydrogen) atoms. The third-order valence-corrected chi connectivity index (χ3v) is 3.78. The number of anilines is 3. The van der Waals surface area contributed by atoms with Crippen LogP contribution in [-0.4, -0.2) is 25.1 Å². The molecule has 0 aliphatic carbocycles. The summed E-state index contributed by atoms with van der Waals surface area (Å²) in [6, 6.07) is 3.87. The maximum absolute atomic E-state index is 13.0. The largest absolute Gasteiger partial charge is 0.365 e. The van der Waals surface area contributed by atoms with Gasteiger partial charge in [-0.25, -0.2) is 9.97 Å². The van der Waals surface area contributed by atoms with E-state index >= 15 is 0 Å². The number of rotatable bonds is 4. The predicted molar refractivity (Wildman–Crippen MR) is 105 cm³/mol. The Bertz CT molecular complexity index is 973. The number of nitrogens with zero attached hydrogens (tertiary/aromatic N) is 4. The van der Waals surface area contributed by atoms with Gasteiger partial charge in [-0.1, -0.05) is 0 Å². The molecule has 7 nitrogen and oxygen atoms in total. The van der Waals surface area contributed by atoms with Gasteiger partial charge in [-0.2, -0.15) is 0 Å². The molecule has 0 aliphatic rings. The number of nitrogens with one attached hydrogen (secondary N) is 2. The number of hydrogen-bond donors (Lipinski definition) is 2. The molecule has 0 atom stereocenters. The van der Waals surface area contributed by atoms with E-state index in [2.05, 4.69) is 25.6 Å². The summed E-state index contributed by atoms with van der Waals surface area (Å²) in [7, 11) is 0. The van der Waals surface area contributed by atoms with E-state index in [1.807, 2.05) is 52.9 Å². The van der Waals surface area contributed by atoms with Crippen molar-refractivity contribution in [2.24, 2.45) is 0 Å². The fraction of sp³-hybridized carbons (Fsp3) is 0.368. The highest BCUT2D eigenvalue weighted by atomic mass is 16.1. The van der Waals surface area contributed by atoms with Crippen molar-refractivity contribution in [1.29, 1.82) is 0 Å². The minimum absolute atomic E-state index is 0.0530. The Morgan fingerprint density at radius 3 is 2.54 bits per heavy atom. The van der Waals surface area contributed by atoms with E-state index in [1.165, 1.54) is 0 Å². The van der Waals surface area contributed by atoms with Gasteiger partial charge in [0.05, 0.1) is 11.6 Å². The fourth-order valence-electron chi connectivity index (χ4n) is 2.69. The lowest BCUT2D eigenvalue weighted by Crippen LogP contribution is -2.29. The number of aromatic nitrogens is 4. The topological polar surface area (TPSA) is 84.7 Å². The SMILES string of the molecule is CC(C)n1ccc2cc(Nc3cnccn3)nc(NC(C)(C)C)c2c1=O. The predicted octanol–water partition coefficient (Wildman–Crippen LogP) is 3.72. The van der Waals surface area contributed by atoms with Crippen molar-refractivity contribution in [3.05, 3.63) is 47.3 Å². The Balaban J connectivity index is 2.18. The zero-order valence-electron chi connectivity index (χ0n) is 15.7. The smallest absolute Gasteiger partial charge is 0.262 e. The van der Waals surface area contributed by atoms with Gasteiger partial charge in [0.15, 0.2) is 0 Å². The second-order valence-corrected chi connectivity index (χ2v) is 7.53. The second kappa shape index (κ2) is 6.74. The normalized spacial score (nSPS) is 11.8. The molecule has 0 radical (unpaired) electrons. The summed E-state index contributed by atoms with van der Waals surface area (Å²) in [5.41, 5.74) is -0.293. The number of hydrogen-bond acceptors (Lipinski definition) is 6. The minimum atomic E-state index is -0.240. The standard InChI is InChI=1S/C19H24N6O/c1-12(2)25-9-6-13-10-14(22-15-11-20-7-8-21-15)23-17(16(13)18(25)26)24-19(3,4)5/h6-12H,1-5H3,(H2,21,22,23,24). The molecule has 3 aromatic heterocycles. The number of pyridine rings is 2. The highest BCUT2D eigenvalue weighted by Gasteiger charge is 2.18. The van der Waals surface area contributed by atoms with Gasteiger partial charge in [-0.05, 0) is 52.1 Å². The van der Waals surface area contributed by atoms with Crippen LogP contribution in [0.3, 0.4) is 0 Å². The van der Waals surface area contributed by atoms with Crippen LogP contribution in [-0.2, 0) is 0 Å². The van der Waals surface area contributed by atoms with Gasteiger partial charge in [0.2, 0.25) is 0 Å². The quantitative estimate of drug-likeness (QED) is 0.744. The first-order chi connectivity index (χ1) is 12.2. The maximum Gasteiger partial charge on any atom is 0.262 e. The summed E-state index contributed by atoms with van der Waals surface area (Å²) in [4.78, 5) is 25.9. The summed E-state index contributed by atoms with van der Waals surface area (Å²) in [5.74, 6) is 1.75. The molecule has 0 bridgehead atoms. The van der Waals surface area contributed by atoms with Crippen molar-refractivity contribution < 1.29 is 0 Å². The fourth-order valence-corrected chi connectivity index (χ4v) is 2.69. The van der Waals surface area contributed by atoms with Crippen LogP contribution in [0.1, 0.15) is 40.7 Å². The average Bonchev–Trinajstić information content (AvgIpc) is 2.54. The van der Waals surface area contributed by atoms with Crippen molar-refractivity contribution in [3.8, 4) is 0 Å². The molecule has 0 spiro atoms. The molecule has 0 saturated heterocycles. The third kappa shape index (κ3) is 3.82. The lowest BCUT2D eigenvalue weighted by Gasteiger charge is -2.23. The average molecular weight is 352 g/mol.